The van der Waals surface area contributed by atoms with Crippen molar-refractivity contribution in [2.45, 2.75) is 25.2 Å². The van der Waals surface area contributed by atoms with Gasteiger partial charge in [-0.25, -0.2) is 0 Å². The largest absolute Gasteiger partial charge is 0.508 e. The Hall–Kier alpha value is -2.01. The third-order valence-electron chi connectivity index (χ3n) is 3.27. The summed E-state index contributed by atoms with van der Waals surface area (Å²) in [7, 11) is 0. The molecule has 0 spiro atoms. The predicted octanol–water partition coefficient (Wildman–Crippen LogP) is 4.35. The van der Waals surface area contributed by atoms with Gasteiger partial charge in [0.05, 0.1) is 0 Å². The van der Waals surface area contributed by atoms with E-state index in [1.807, 2.05) is 6.07 Å². The molecule has 0 aliphatic carbocycles. The third-order valence-corrected chi connectivity index (χ3v) is 3.27. The number of phenolic OH excluding ortho intramolecular Hbond substituents is 1. The second kappa shape index (κ2) is 6.18. The average Bonchev–Trinajstić information content (AvgIpc) is 2.45. The lowest BCUT2D eigenvalue weighted by Gasteiger charge is -2.26. The number of hydrogen-bond acceptors (Lipinski definition) is 2. The van der Waals surface area contributed by atoms with Crippen molar-refractivity contribution < 1.29 is 18.3 Å². The van der Waals surface area contributed by atoms with E-state index in [0.717, 1.165) is 5.56 Å². The van der Waals surface area contributed by atoms with E-state index in [1.165, 1.54) is 24.3 Å². The minimum Gasteiger partial charge on any atom is -0.508 e. The maximum Gasteiger partial charge on any atom is 0.407 e. The Morgan fingerprint density at radius 1 is 0.905 bits per heavy atom. The van der Waals surface area contributed by atoms with Crippen LogP contribution in [0.5, 0.6) is 5.75 Å². The topological polar surface area (TPSA) is 32.3 Å². The first kappa shape index (κ1) is 15.4. The van der Waals surface area contributed by atoms with Crippen LogP contribution in [0.3, 0.4) is 0 Å². The minimum absolute atomic E-state index is 0.0595. The fraction of sp³-hybridized carbons (Fsp3) is 0.250. The quantitative estimate of drug-likeness (QED) is 0.879. The Morgan fingerprint density at radius 2 is 1.48 bits per heavy atom. The molecule has 21 heavy (non-hydrogen) atoms. The fourth-order valence-electron chi connectivity index (χ4n) is 2.13. The molecule has 112 valence electrons. The van der Waals surface area contributed by atoms with Gasteiger partial charge in [0.2, 0.25) is 0 Å². The van der Waals surface area contributed by atoms with E-state index in [-0.39, 0.29) is 11.3 Å². The number of hydrogen-bond donors (Lipinski definition) is 2. The second-order valence-electron chi connectivity index (χ2n) is 4.87. The summed E-state index contributed by atoms with van der Waals surface area (Å²) in [5.41, 5.74) is 0.855. The summed E-state index contributed by atoms with van der Waals surface area (Å²) in [6.07, 6.45) is -4.42. The maximum absolute atomic E-state index is 13.3. The zero-order chi connectivity index (χ0) is 15.5. The normalized spacial score (nSPS) is 14.7. The number of halogens is 3. The van der Waals surface area contributed by atoms with E-state index >= 15 is 0 Å². The molecule has 0 radical (unpaired) electrons. The lowest BCUT2D eigenvalue weighted by atomic mass is 10.0. The Bertz CT molecular complexity index is 566. The van der Waals surface area contributed by atoms with Crippen molar-refractivity contribution in [1.82, 2.24) is 5.32 Å². The van der Waals surface area contributed by atoms with Gasteiger partial charge in [-0.15, -0.1) is 0 Å². The van der Waals surface area contributed by atoms with Gasteiger partial charge in [-0.05, 0) is 30.2 Å². The van der Waals surface area contributed by atoms with Crippen LogP contribution in [-0.4, -0.2) is 11.3 Å². The first-order valence-electron chi connectivity index (χ1n) is 6.54. The van der Waals surface area contributed by atoms with E-state index < -0.39 is 18.3 Å². The highest BCUT2D eigenvalue weighted by Gasteiger charge is 2.41. The van der Waals surface area contributed by atoms with E-state index in [0.29, 0.717) is 0 Å². The molecule has 1 unspecified atom stereocenters. The SMILES string of the molecule is C[C@H](NC(c1ccc(O)cc1)C(F)(F)F)c1ccccc1. The van der Waals surface area contributed by atoms with E-state index in [1.54, 1.807) is 31.2 Å². The fourth-order valence-corrected chi connectivity index (χ4v) is 2.13. The number of benzene rings is 2. The van der Waals surface area contributed by atoms with Gasteiger partial charge in [-0.1, -0.05) is 42.5 Å². The van der Waals surface area contributed by atoms with E-state index in [4.69, 9.17) is 0 Å². The van der Waals surface area contributed by atoms with Gasteiger partial charge in [-0.3, -0.25) is 5.32 Å². The number of aromatic hydroxyl groups is 1. The Balaban J connectivity index is 2.24. The molecule has 2 nitrogen and oxygen atoms in total. The molecule has 2 atom stereocenters. The molecule has 2 aromatic rings. The highest BCUT2D eigenvalue weighted by atomic mass is 19.4. The summed E-state index contributed by atoms with van der Waals surface area (Å²) >= 11 is 0. The summed E-state index contributed by atoms with van der Waals surface area (Å²) in [4.78, 5) is 0. The van der Waals surface area contributed by atoms with Crippen molar-refractivity contribution in [1.29, 1.82) is 0 Å². The van der Waals surface area contributed by atoms with Crippen LogP contribution in [0.1, 0.15) is 30.1 Å². The van der Waals surface area contributed by atoms with Crippen LogP contribution in [0.15, 0.2) is 54.6 Å². The lowest BCUT2D eigenvalue weighted by molar-refractivity contribution is -0.159. The Labute approximate surface area is 121 Å². The first-order valence-corrected chi connectivity index (χ1v) is 6.54. The first-order chi connectivity index (χ1) is 9.88. The van der Waals surface area contributed by atoms with Gasteiger partial charge in [0.25, 0.3) is 0 Å². The van der Waals surface area contributed by atoms with Gasteiger partial charge in [0, 0.05) is 6.04 Å². The predicted molar refractivity (Wildman–Crippen MR) is 74.9 cm³/mol. The van der Waals surface area contributed by atoms with Gasteiger partial charge in [0.15, 0.2) is 0 Å². The molecule has 0 fully saturated rings. The monoisotopic (exact) mass is 295 g/mol. The molecule has 0 aliphatic heterocycles. The van der Waals surface area contributed by atoms with Crippen LogP contribution in [-0.2, 0) is 0 Å². The highest BCUT2D eigenvalue weighted by Crippen LogP contribution is 2.35. The van der Waals surface area contributed by atoms with Crippen molar-refractivity contribution >= 4 is 0 Å². The van der Waals surface area contributed by atoms with E-state index in [2.05, 4.69) is 5.32 Å². The highest BCUT2D eigenvalue weighted by molar-refractivity contribution is 5.29. The molecule has 0 bridgehead atoms. The Morgan fingerprint density at radius 3 is 2.00 bits per heavy atom. The standard InChI is InChI=1S/C16H16F3NO/c1-11(12-5-3-2-4-6-12)20-15(16(17,18)19)13-7-9-14(21)10-8-13/h2-11,15,20-21H,1H3/t11-,15?/m0/s1. The molecule has 0 aromatic heterocycles. The van der Waals surface area contributed by atoms with Gasteiger partial charge in [0.1, 0.15) is 11.8 Å². The minimum atomic E-state index is -4.42. The molecule has 0 heterocycles. The number of nitrogens with one attached hydrogen (secondary N) is 1. The zero-order valence-corrected chi connectivity index (χ0v) is 11.4. The van der Waals surface area contributed by atoms with Crippen LogP contribution in [0, 0.1) is 0 Å². The molecule has 5 heteroatoms. The van der Waals surface area contributed by atoms with Crippen molar-refractivity contribution in [3.8, 4) is 5.75 Å². The summed E-state index contributed by atoms with van der Waals surface area (Å²) in [5.74, 6) is -0.0595. The molecule has 2 N–H and O–H groups in total. The van der Waals surface area contributed by atoms with Crippen molar-refractivity contribution in [3.05, 3.63) is 65.7 Å². The van der Waals surface area contributed by atoms with Gasteiger partial charge < -0.3 is 5.11 Å². The molecular weight excluding hydrogens is 279 g/mol. The molecule has 2 aromatic carbocycles. The zero-order valence-electron chi connectivity index (χ0n) is 11.4. The van der Waals surface area contributed by atoms with Crippen molar-refractivity contribution in [3.63, 3.8) is 0 Å². The van der Waals surface area contributed by atoms with Crippen LogP contribution >= 0.6 is 0 Å². The Kier molecular flexibility index (Phi) is 4.53. The summed E-state index contributed by atoms with van der Waals surface area (Å²) in [6, 6.07) is 11.8. The smallest absolute Gasteiger partial charge is 0.407 e. The maximum atomic E-state index is 13.3. The molecule has 0 saturated carbocycles. The molecule has 0 aliphatic rings. The van der Waals surface area contributed by atoms with Crippen LogP contribution in [0.2, 0.25) is 0 Å². The summed E-state index contributed by atoms with van der Waals surface area (Å²) < 4.78 is 39.8. The molecule has 0 amide bonds. The molecular formula is C16H16F3NO. The van der Waals surface area contributed by atoms with Crippen molar-refractivity contribution in [2.75, 3.05) is 0 Å². The third kappa shape index (κ3) is 3.98. The lowest BCUT2D eigenvalue weighted by Crippen LogP contribution is -2.35. The number of rotatable bonds is 4. The second-order valence-corrected chi connectivity index (χ2v) is 4.87. The average molecular weight is 295 g/mol. The van der Waals surface area contributed by atoms with Crippen LogP contribution in [0.4, 0.5) is 13.2 Å². The van der Waals surface area contributed by atoms with Crippen LogP contribution < -0.4 is 5.32 Å². The van der Waals surface area contributed by atoms with E-state index in [9.17, 15) is 18.3 Å². The molecule has 2 rings (SSSR count). The van der Waals surface area contributed by atoms with Crippen molar-refractivity contribution in [2.24, 2.45) is 0 Å². The summed E-state index contributed by atoms with van der Waals surface area (Å²) in [5, 5.41) is 11.8. The number of alkyl halides is 3. The summed E-state index contributed by atoms with van der Waals surface area (Å²) in [6.45, 7) is 1.69. The molecule has 0 saturated heterocycles. The van der Waals surface area contributed by atoms with Crippen LogP contribution in [0.25, 0.3) is 0 Å². The number of phenols is 1. The van der Waals surface area contributed by atoms with Gasteiger partial charge in [-0.2, -0.15) is 13.2 Å². The van der Waals surface area contributed by atoms with Gasteiger partial charge >= 0.3 is 6.18 Å².